The van der Waals surface area contributed by atoms with Crippen LogP contribution in [0.1, 0.15) is 25.8 Å². The molecule has 4 unspecified atom stereocenters. The molecule has 35 heavy (non-hydrogen) atoms. The zero-order chi connectivity index (χ0) is 26.1. The Kier molecular flexibility index (Phi) is 10.6. The number of nitrogens with two attached hydrogens (primary N) is 1. The molecule has 192 valence electrons. The second kappa shape index (κ2) is 13.1. The van der Waals surface area contributed by atoms with E-state index in [1.165, 1.54) is 0 Å². The Morgan fingerprint density at radius 3 is 2.20 bits per heavy atom. The van der Waals surface area contributed by atoms with Crippen LogP contribution in [0.2, 0.25) is 0 Å². The second-order valence-electron chi connectivity index (χ2n) is 8.69. The smallest absolute Gasteiger partial charge is 0.326 e. The summed E-state index contributed by atoms with van der Waals surface area (Å²) in [6, 6.07) is 2.67. The van der Waals surface area contributed by atoms with Crippen LogP contribution < -0.4 is 21.7 Å². The highest BCUT2D eigenvalue weighted by Gasteiger charge is 2.30. The van der Waals surface area contributed by atoms with Crippen molar-refractivity contribution in [2.75, 3.05) is 12.4 Å². The largest absolute Gasteiger partial charge is 0.480 e. The number of aromatic amines is 1. The predicted molar refractivity (Wildman–Crippen MR) is 134 cm³/mol. The van der Waals surface area contributed by atoms with E-state index in [0.717, 1.165) is 10.9 Å². The van der Waals surface area contributed by atoms with E-state index < -0.39 is 54.5 Å². The van der Waals surface area contributed by atoms with Crippen molar-refractivity contribution in [3.05, 3.63) is 36.0 Å². The quantitative estimate of drug-likeness (QED) is 0.169. The number of thiol groups is 1. The summed E-state index contributed by atoms with van der Waals surface area (Å²) in [5.41, 5.74) is 7.35. The number of rotatable bonds is 13. The van der Waals surface area contributed by atoms with Gasteiger partial charge in [-0.3, -0.25) is 14.4 Å². The van der Waals surface area contributed by atoms with Crippen LogP contribution in [0.5, 0.6) is 0 Å². The number of carboxylic acids is 1. The van der Waals surface area contributed by atoms with Gasteiger partial charge in [-0.2, -0.15) is 12.6 Å². The molecule has 0 aliphatic carbocycles. The van der Waals surface area contributed by atoms with Gasteiger partial charge in [0.05, 0.1) is 12.6 Å². The average Bonchev–Trinajstić information content (AvgIpc) is 3.22. The molecule has 0 spiro atoms. The maximum absolute atomic E-state index is 12.7. The SMILES string of the molecule is CC(C)CC(N)C(=O)NC(CS)C(=O)NC(CO)C(=O)NC(Cc1c[nH]c2ccccc12)C(=O)O. The summed E-state index contributed by atoms with van der Waals surface area (Å²) in [6.45, 7) is 3.03. The number of nitrogens with one attached hydrogen (secondary N) is 4. The third-order valence-electron chi connectivity index (χ3n) is 5.41. The lowest BCUT2D eigenvalue weighted by Crippen LogP contribution is -2.58. The normalized spacial score (nSPS) is 14.7. The number of benzene rings is 1. The van der Waals surface area contributed by atoms with Crippen molar-refractivity contribution in [3.8, 4) is 0 Å². The van der Waals surface area contributed by atoms with Gasteiger partial charge >= 0.3 is 5.97 Å². The topological polar surface area (TPSA) is 187 Å². The van der Waals surface area contributed by atoms with Crippen molar-refractivity contribution >= 4 is 47.2 Å². The Bertz CT molecular complexity index is 1040. The fourth-order valence-electron chi connectivity index (χ4n) is 3.55. The van der Waals surface area contributed by atoms with E-state index in [4.69, 9.17) is 5.73 Å². The number of fused-ring (bicyclic) bond motifs is 1. The van der Waals surface area contributed by atoms with Crippen molar-refractivity contribution < 1.29 is 29.4 Å². The van der Waals surface area contributed by atoms with Gasteiger partial charge in [-0.15, -0.1) is 0 Å². The fourth-order valence-corrected chi connectivity index (χ4v) is 3.80. The standard InChI is InChI=1S/C23H33N5O6S/c1-12(2)7-15(24)20(30)28-19(11-35)22(32)27-18(10-29)21(31)26-17(23(33)34)8-13-9-25-16-6-4-3-5-14(13)16/h3-6,9,12,15,17-19,25,29,35H,7-8,10-11,24H2,1-2H3,(H,26,31)(H,27,32)(H,28,30)(H,33,34). The molecule has 2 aromatic rings. The molecule has 4 atom stereocenters. The zero-order valence-electron chi connectivity index (χ0n) is 19.7. The van der Waals surface area contributed by atoms with Gasteiger partial charge < -0.3 is 36.9 Å². The van der Waals surface area contributed by atoms with Gasteiger partial charge in [-0.1, -0.05) is 32.0 Å². The van der Waals surface area contributed by atoms with Crippen molar-refractivity contribution in [1.82, 2.24) is 20.9 Å². The monoisotopic (exact) mass is 507 g/mol. The lowest BCUT2D eigenvalue weighted by Gasteiger charge is -2.23. The molecule has 1 aromatic heterocycles. The molecule has 0 fully saturated rings. The van der Waals surface area contributed by atoms with Crippen LogP contribution in [-0.4, -0.2) is 75.4 Å². The molecule has 1 heterocycles. The second-order valence-corrected chi connectivity index (χ2v) is 9.05. The molecular formula is C23H33N5O6S. The molecule has 11 nitrogen and oxygen atoms in total. The van der Waals surface area contributed by atoms with Crippen molar-refractivity contribution in [3.63, 3.8) is 0 Å². The maximum atomic E-state index is 12.7. The van der Waals surface area contributed by atoms with Gasteiger partial charge in [-0.05, 0) is 24.0 Å². The molecule has 0 radical (unpaired) electrons. The Morgan fingerprint density at radius 2 is 1.60 bits per heavy atom. The molecule has 0 saturated carbocycles. The minimum atomic E-state index is -1.43. The van der Waals surface area contributed by atoms with Crippen molar-refractivity contribution in [1.29, 1.82) is 0 Å². The number of aliphatic hydroxyl groups is 1. The molecular weight excluding hydrogens is 474 g/mol. The molecule has 8 N–H and O–H groups in total. The van der Waals surface area contributed by atoms with E-state index in [-0.39, 0.29) is 18.1 Å². The van der Waals surface area contributed by atoms with E-state index in [9.17, 15) is 29.4 Å². The van der Waals surface area contributed by atoms with Gasteiger partial charge in [0, 0.05) is 29.3 Å². The van der Waals surface area contributed by atoms with E-state index >= 15 is 0 Å². The summed E-state index contributed by atoms with van der Waals surface area (Å²) in [5, 5.41) is 27.3. The molecule has 3 amide bonds. The Morgan fingerprint density at radius 1 is 1.00 bits per heavy atom. The fraction of sp³-hybridized carbons (Fsp3) is 0.478. The van der Waals surface area contributed by atoms with Crippen molar-refractivity contribution in [2.24, 2.45) is 11.7 Å². The van der Waals surface area contributed by atoms with Gasteiger partial charge in [0.2, 0.25) is 17.7 Å². The van der Waals surface area contributed by atoms with Crippen LogP contribution in [0, 0.1) is 5.92 Å². The highest BCUT2D eigenvalue weighted by atomic mass is 32.1. The van der Waals surface area contributed by atoms with Gasteiger partial charge in [-0.25, -0.2) is 4.79 Å². The van der Waals surface area contributed by atoms with Gasteiger partial charge in [0.15, 0.2) is 0 Å². The number of H-pyrrole nitrogens is 1. The number of para-hydroxylation sites is 1. The first-order chi connectivity index (χ1) is 16.6. The van der Waals surface area contributed by atoms with Crippen LogP contribution >= 0.6 is 12.6 Å². The van der Waals surface area contributed by atoms with E-state index in [2.05, 4.69) is 33.6 Å². The summed E-state index contributed by atoms with van der Waals surface area (Å²) in [5.74, 6) is -3.36. The van der Waals surface area contributed by atoms with E-state index in [1.54, 1.807) is 6.20 Å². The number of carbonyl (C=O) groups is 4. The average molecular weight is 508 g/mol. The van der Waals surface area contributed by atoms with Gasteiger partial charge in [0.1, 0.15) is 18.1 Å². The zero-order valence-corrected chi connectivity index (χ0v) is 20.5. The number of aromatic nitrogens is 1. The Balaban J connectivity index is 2.03. The van der Waals surface area contributed by atoms with Crippen LogP contribution in [-0.2, 0) is 25.6 Å². The molecule has 0 saturated heterocycles. The number of hydrogen-bond acceptors (Lipinski definition) is 7. The third kappa shape index (κ3) is 7.98. The number of carbonyl (C=O) groups excluding carboxylic acids is 3. The first kappa shape index (κ1) is 28.1. The highest BCUT2D eigenvalue weighted by Crippen LogP contribution is 2.19. The van der Waals surface area contributed by atoms with Crippen LogP contribution in [0.25, 0.3) is 10.9 Å². The maximum Gasteiger partial charge on any atom is 0.326 e. The Labute approximate surface area is 208 Å². The predicted octanol–water partition coefficient (Wildman–Crippen LogP) is -0.455. The summed E-state index contributed by atoms with van der Waals surface area (Å²) < 4.78 is 0. The van der Waals surface area contributed by atoms with E-state index in [1.807, 2.05) is 38.1 Å². The molecule has 0 aliphatic heterocycles. The molecule has 2 rings (SSSR count). The lowest BCUT2D eigenvalue weighted by atomic mass is 10.0. The minimum Gasteiger partial charge on any atom is -0.480 e. The Hall–Kier alpha value is -3.09. The van der Waals surface area contributed by atoms with E-state index in [0.29, 0.717) is 12.0 Å². The van der Waals surface area contributed by atoms with Crippen LogP contribution in [0.4, 0.5) is 0 Å². The molecule has 0 bridgehead atoms. The number of aliphatic hydroxyl groups excluding tert-OH is 1. The molecule has 0 aliphatic rings. The summed E-state index contributed by atoms with van der Waals surface area (Å²) >= 11 is 4.07. The number of amides is 3. The van der Waals surface area contributed by atoms with Gasteiger partial charge in [0.25, 0.3) is 0 Å². The minimum absolute atomic E-state index is 0.0136. The number of hydrogen-bond donors (Lipinski definition) is 8. The lowest BCUT2D eigenvalue weighted by molar-refractivity contribution is -0.142. The van der Waals surface area contributed by atoms with Crippen LogP contribution in [0.15, 0.2) is 30.5 Å². The summed E-state index contributed by atoms with van der Waals surface area (Å²) in [6.07, 6.45) is 2.07. The van der Waals surface area contributed by atoms with Crippen LogP contribution in [0.3, 0.4) is 0 Å². The number of carboxylic acid groups (broad SMARTS) is 1. The highest BCUT2D eigenvalue weighted by molar-refractivity contribution is 7.80. The summed E-state index contributed by atoms with van der Waals surface area (Å²) in [4.78, 5) is 52.4. The molecule has 12 heteroatoms. The molecule has 1 aromatic carbocycles. The first-order valence-corrected chi connectivity index (χ1v) is 11.9. The summed E-state index contributed by atoms with van der Waals surface area (Å²) in [7, 11) is 0. The first-order valence-electron chi connectivity index (χ1n) is 11.2. The van der Waals surface area contributed by atoms with Crippen molar-refractivity contribution in [2.45, 2.75) is 50.9 Å². The third-order valence-corrected chi connectivity index (χ3v) is 5.77. The number of aliphatic carboxylic acids is 1.